The van der Waals surface area contributed by atoms with E-state index in [0.29, 0.717) is 11.8 Å². The average molecular weight is 275 g/mol. The van der Waals surface area contributed by atoms with Crippen molar-refractivity contribution in [3.8, 4) is 18.2 Å². The molecule has 0 amide bonds. The van der Waals surface area contributed by atoms with Gasteiger partial charge < -0.3 is 10.1 Å². The lowest BCUT2D eigenvalue weighted by atomic mass is 10.1. The highest BCUT2D eigenvalue weighted by atomic mass is 32.1. The van der Waals surface area contributed by atoms with Crippen molar-refractivity contribution in [2.75, 3.05) is 11.9 Å². The van der Waals surface area contributed by atoms with E-state index < -0.39 is 5.60 Å². The predicted molar refractivity (Wildman–Crippen MR) is 79.7 cm³/mol. The molecule has 0 unspecified atom stereocenters. The topological polar surface area (TPSA) is 47.0 Å². The minimum atomic E-state index is -0.689. The third-order valence-corrected chi connectivity index (χ3v) is 3.33. The van der Waals surface area contributed by atoms with Gasteiger partial charge in [-0.3, -0.25) is 0 Å². The first-order valence-corrected chi connectivity index (χ1v) is 7.09. The van der Waals surface area contributed by atoms with E-state index in [1.165, 1.54) is 0 Å². The fourth-order valence-corrected chi connectivity index (χ4v) is 2.25. The van der Waals surface area contributed by atoms with Gasteiger partial charge in [0.05, 0.1) is 5.39 Å². The molecule has 2 aromatic rings. The molecule has 19 heavy (non-hydrogen) atoms. The van der Waals surface area contributed by atoms with Crippen molar-refractivity contribution in [2.24, 2.45) is 0 Å². The number of fused-ring (bicyclic) bond motifs is 1. The minimum Gasteiger partial charge on any atom is -0.458 e. The molecular weight excluding hydrogens is 258 g/mol. The van der Waals surface area contributed by atoms with E-state index in [2.05, 4.69) is 28.1 Å². The van der Waals surface area contributed by atoms with Gasteiger partial charge in [-0.25, -0.2) is 4.98 Å². The molecule has 0 aliphatic carbocycles. The summed E-state index contributed by atoms with van der Waals surface area (Å²) in [4.78, 5) is 9.76. The highest BCUT2D eigenvalue weighted by Gasteiger charge is 2.20. The van der Waals surface area contributed by atoms with Crippen LogP contribution in [-0.2, 0) is 0 Å². The average Bonchev–Trinajstić information content (AvgIpc) is 2.84. The molecule has 0 radical (unpaired) electrons. The highest BCUT2D eigenvalue weighted by Crippen LogP contribution is 2.30. The SMILES string of the molecule is C#CC(C)(C)Oc1nc(NCCC)nc2sccc12. The maximum Gasteiger partial charge on any atom is 0.228 e. The fourth-order valence-electron chi connectivity index (χ4n) is 1.49. The van der Waals surface area contributed by atoms with Gasteiger partial charge in [0.1, 0.15) is 4.83 Å². The Balaban J connectivity index is 2.40. The van der Waals surface area contributed by atoms with Crippen LogP contribution >= 0.6 is 11.3 Å². The summed E-state index contributed by atoms with van der Waals surface area (Å²) in [5.74, 6) is 3.73. The summed E-state index contributed by atoms with van der Waals surface area (Å²) in [6, 6.07) is 1.95. The molecule has 4 nitrogen and oxygen atoms in total. The summed E-state index contributed by atoms with van der Waals surface area (Å²) >= 11 is 1.56. The van der Waals surface area contributed by atoms with E-state index in [1.54, 1.807) is 11.3 Å². The van der Waals surface area contributed by atoms with Crippen molar-refractivity contribution >= 4 is 27.5 Å². The van der Waals surface area contributed by atoms with E-state index in [1.807, 2.05) is 25.3 Å². The number of hydrogen-bond donors (Lipinski definition) is 1. The van der Waals surface area contributed by atoms with Gasteiger partial charge in [-0.1, -0.05) is 12.8 Å². The van der Waals surface area contributed by atoms with Crippen molar-refractivity contribution in [3.63, 3.8) is 0 Å². The fraction of sp³-hybridized carbons (Fsp3) is 0.429. The van der Waals surface area contributed by atoms with Gasteiger partial charge >= 0.3 is 0 Å². The summed E-state index contributed by atoms with van der Waals surface area (Å²) in [5, 5.41) is 6.04. The number of terminal acetylenes is 1. The van der Waals surface area contributed by atoms with Crippen LogP contribution in [0.2, 0.25) is 0 Å². The molecule has 0 aromatic carbocycles. The molecule has 5 heteroatoms. The molecule has 0 saturated carbocycles. The first-order chi connectivity index (χ1) is 9.05. The van der Waals surface area contributed by atoms with Crippen LogP contribution in [0.1, 0.15) is 27.2 Å². The number of nitrogens with one attached hydrogen (secondary N) is 1. The van der Waals surface area contributed by atoms with Crippen molar-refractivity contribution in [1.29, 1.82) is 0 Å². The lowest BCUT2D eigenvalue weighted by Crippen LogP contribution is -2.26. The molecule has 0 aliphatic rings. The van der Waals surface area contributed by atoms with E-state index >= 15 is 0 Å². The second-order valence-electron chi connectivity index (χ2n) is 4.68. The van der Waals surface area contributed by atoms with Crippen LogP contribution in [-0.4, -0.2) is 22.1 Å². The van der Waals surface area contributed by atoms with E-state index in [9.17, 15) is 0 Å². The third kappa shape index (κ3) is 3.15. The van der Waals surface area contributed by atoms with Gasteiger partial charge in [0.25, 0.3) is 0 Å². The Hall–Kier alpha value is -1.80. The smallest absolute Gasteiger partial charge is 0.228 e. The number of anilines is 1. The van der Waals surface area contributed by atoms with Gasteiger partial charge in [-0.05, 0) is 31.7 Å². The van der Waals surface area contributed by atoms with Gasteiger partial charge in [0, 0.05) is 6.54 Å². The van der Waals surface area contributed by atoms with Crippen LogP contribution in [0.3, 0.4) is 0 Å². The first kappa shape index (κ1) is 13.6. The molecule has 0 spiro atoms. The van der Waals surface area contributed by atoms with Crippen LogP contribution in [0.5, 0.6) is 5.88 Å². The second kappa shape index (κ2) is 5.45. The van der Waals surface area contributed by atoms with Crippen LogP contribution in [0.15, 0.2) is 11.4 Å². The number of thiophene rings is 1. The standard InChI is InChI=1S/C14H17N3OS/c1-5-8-15-13-16-11(18-14(3,4)6-2)10-7-9-19-12(10)17-13/h2,7,9H,5,8H2,1,3-4H3,(H,15,16,17). The maximum atomic E-state index is 5.82. The number of hydrogen-bond acceptors (Lipinski definition) is 5. The lowest BCUT2D eigenvalue weighted by Gasteiger charge is -2.20. The zero-order valence-corrected chi connectivity index (χ0v) is 12.2. The normalized spacial score (nSPS) is 11.3. The maximum absolute atomic E-state index is 5.82. The molecule has 0 atom stereocenters. The zero-order chi connectivity index (χ0) is 13.9. The Morgan fingerprint density at radius 3 is 2.95 bits per heavy atom. The number of rotatable bonds is 5. The second-order valence-corrected chi connectivity index (χ2v) is 5.57. The monoisotopic (exact) mass is 275 g/mol. The first-order valence-electron chi connectivity index (χ1n) is 6.21. The number of aromatic nitrogens is 2. The zero-order valence-electron chi connectivity index (χ0n) is 11.4. The molecule has 2 rings (SSSR count). The number of ether oxygens (including phenoxy) is 1. The minimum absolute atomic E-state index is 0.535. The Labute approximate surface area is 117 Å². The number of nitrogens with zero attached hydrogens (tertiary/aromatic N) is 2. The van der Waals surface area contributed by atoms with Crippen molar-refractivity contribution < 1.29 is 4.74 Å². The third-order valence-electron chi connectivity index (χ3n) is 2.52. The van der Waals surface area contributed by atoms with Crippen LogP contribution in [0.4, 0.5) is 5.95 Å². The van der Waals surface area contributed by atoms with Crippen molar-refractivity contribution in [3.05, 3.63) is 11.4 Å². The van der Waals surface area contributed by atoms with E-state index in [4.69, 9.17) is 11.2 Å². The highest BCUT2D eigenvalue weighted by molar-refractivity contribution is 7.16. The summed E-state index contributed by atoms with van der Waals surface area (Å²) in [7, 11) is 0. The molecule has 0 bridgehead atoms. The van der Waals surface area contributed by atoms with Crippen molar-refractivity contribution in [1.82, 2.24) is 9.97 Å². The molecule has 100 valence electrons. The quantitative estimate of drug-likeness (QED) is 0.850. The predicted octanol–water partition coefficient (Wildman–Crippen LogP) is 3.30. The largest absolute Gasteiger partial charge is 0.458 e. The van der Waals surface area contributed by atoms with Crippen LogP contribution in [0, 0.1) is 12.3 Å². The van der Waals surface area contributed by atoms with Crippen LogP contribution in [0.25, 0.3) is 10.2 Å². The van der Waals surface area contributed by atoms with Gasteiger partial charge in [-0.15, -0.1) is 17.8 Å². The summed E-state index contributed by atoms with van der Waals surface area (Å²) < 4.78 is 5.82. The molecule has 0 fully saturated rings. The Bertz CT molecular complexity index is 613. The van der Waals surface area contributed by atoms with Crippen molar-refractivity contribution in [2.45, 2.75) is 32.8 Å². The Morgan fingerprint density at radius 2 is 2.26 bits per heavy atom. The lowest BCUT2D eigenvalue weighted by molar-refractivity contribution is 0.167. The Morgan fingerprint density at radius 1 is 1.47 bits per heavy atom. The molecule has 2 heterocycles. The van der Waals surface area contributed by atoms with Gasteiger partial charge in [0.2, 0.25) is 11.8 Å². The summed E-state index contributed by atoms with van der Waals surface area (Å²) in [6.07, 6.45) is 6.47. The summed E-state index contributed by atoms with van der Waals surface area (Å²) in [6.45, 7) is 6.60. The summed E-state index contributed by atoms with van der Waals surface area (Å²) in [5.41, 5.74) is -0.689. The molecule has 2 aromatic heterocycles. The van der Waals surface area contributed by atoms with E-state index in [0.717, 1.165) is 23.2 Å². The van der Waals surface area contributed by atoms with Crippen LogP contribution < -0.4 is 10.1 Å². The Kier molecular flexibility index (Phi) is 3.91. The molecule has 0 saturated heterocycles. The molecular formula is C14H17N3OS. The van der Waals surface area contributed by atoms with Gasteiger partial charge in [-0.2, -0.15) is 4.98 Å². The molecule has 0 aliphatic heterocycles. The van der Waals surface area contributed by atoms with E-state index in [-0.39, 0.29) is 0 Å². The van der Waals surface area contributed by atoms with Gasteiger partial charge in [0.15, 0.2) is 5.60 Å². The molecule has 1 N–H and O–H groups in total.